The van der Waals surface area contributed by atoms with E-state index in [4.69, 9.17) is 16.2 Å². The smallest absolute Gasteiger partial charge is 0.284 e. The summed E-state index contributed by atoms with van der Waals surface area (Å²) < 4.78 is 54.4. The Balaban J connectivity index is 3.29. The van der Waals surface area contributed by atoms with Crippen molar-refractivity contribution in [1.82, 2.24) is 0 Å². The highest BCUT2D eigenvalue weighted by Gasteiger charge is 2.15. The van der Waals surface area contributed by atoms with E-state index in [1.165, 1.54) is 6.07 Å². The molecule has 90 valence electrons. The first-order valence-corrected chi connectivity index (χ1v) is 7.55. The molecular weight excluding hydrogens is 278 g/mol. The maximum absolute atomic E-state index is 10.9. The highest BCUT2D eigenvalue weighted by atomic mass is 35.5. The molecule has 0 aliphatic heterocycles. The lowest BCUT2D eigenvalue weighted by atomic mass is 10.3. The summed E-state index contributed by atoms with van der Waals surface area (Å²) in [4.78, 5) is -0.553. The fourth-order valence-corrected chi connectivity index (χ4v) is 2.53. The predicted octanol–water partition coefficient (Wildman–Crippen LogP) is 0.958. The van der Waals surface area contributed by atoms with E-state index < -0.39 is 25.0 Å². The van der Waals surface area contributed by atoms with Crippen LogP contribution in [0.4, 0.5) is 5.69 Å². The van der Waals surface area contributed by atoms with Crippen LogP contribution in [0.15, 0.2) is 23.1 Å². The molecule has 16 heavy (non-hydrogen) atoms. The minimum Gasteiger partial charge on any atom is -0.284 e. The number of nitrogens with one attached hydrogen (secondary N) is 1. The topological polar surface area (TPSA) is 101 Å². The van der Waals surface area contributed by atoms with Crippen molar-refractivity contribution in [2.24, 2.45) is 0 Å². The highest BCUT2D eigenvalue weighted by Crippen LogP contribution is 2.25. The molecule has 0 saturated carbocycles. The van der Waals surface area contributed by atoms with Gasteiger partial charge in [0.2, 0.25) is 10.0 Å². The summed E-state index contributed by atoms with van der Waals surface area (Å²) in [6, 6.07) is 3.37. The van der Waals surface area contributed by atoms with Crippen LogP contribution in [0.1, 0.15) is 0 Å². The summed E-state index contributed by atoms with van der Waals surface area (Å²) >= 11 is 5.54. The minimum atomic E-state index is -4.48. The SMILES string of the molecule is CS(=O)(=O)Nc1ccc(Cl)c(S(=O)(=O)O)c1. The van der Waals surface area contributed by atoms with Crippen molar-refractivity contribution in [3.8, 4) is 0 Å². The van der Waals surface area contributed by atoms with Crippen LogP contribution >= 0.6 is 11.6 Å². The van der Waals surface area contributed by atoms with Gasteiger partial charge in [0.15, 0.2) is 0 Å². The zero-order valence-electron chi connectivity index (χ0n) is 8.01. The second-order valence-electron chi connectivity index (χ2n) is 2.99. The second kappa shape index (κ2) is 4.21. The van der Waals surface area contributed by atoms with Gasteiger partial charge in [0.1, 0.15) is 4.90 Å². The van der Waals surface area contributed by atoms with Gasteiger partial charge in [-0.25, -0.2) is 8.42 Å². The molecule has 0 bridgehead atoms. The molecule has 1 rings (SSSR count). The Labute approximate surface area is 98.0 Å². The minimum absolute atomic E-state index is 0.000440. The van der Waals surface area contributed by atoms with Gasteiger partial charge in [-0.2, -0.15) is 8.42 Å². The molecule has 0 spiro atoms. The molecule has 0 aromatic heterocycles. The average molecular weight is 286 g/mol. The van der Waals surface area contributed by atoms with Gasteiger partial charge in [-0.3, -0.25) is 9.27 Å². The lowest BCUT2D eigenvalue weighted by Crippen LogP contribution is -2.10. The van der Waals surface area contributed by atoms with Crippen LogP contribution in [0.3, 0.4) is 0 Å². The van der Waals surface area contributed by atoms with Crippen LogP contribution < -0.4 is 4.72 Å². The van der Waals surface area contributed by atoms with Crippen molar-refractivity contribution in [3.05, 3.63) is 23.2 Å². The molecule has 0 saturated heterocycles. The average Bonchev–Trinajstić information content (AvgIpc) is 2.04. The number of halogens is 1. The van der Waals surface area contributed by atoms with E-state index in [9.17, 15) is 16.8 Å². The van der Waals surface area contributed by atoms with Crippen molar-refractivity contribution in [2.45, 2.75) is 4.90 Å². The first-order valence-electron chi connectivity index (χ1n) is 3.84. The van der Waals surface area contributed by atoms with E-state index in [0.29, 0.717) is 0 Å². The number of sulfonamides is 1. The molecule has 6 nitrogen and oxygen atoms in total. The van der Waals surface area contributed by atoms with E-state index in [0.717, 1.165) is 18.4 Å². The van der Waals surface area contributed by atoms with Crippen molar-refractivity contribution in [3.63, 3.8) is 0 Å². The van der Waals surface area contributed by atoms with E-state index in [2.05, 4.69) is 4.72 Å². The Kier molecular flexibility index (Phi) is 3.48. The predicted molar refractivity (Wildman–Crippen MR) is 59.7 cm³/mol. The van der Waals surface area contributed by atoms with Crippen molar-refractivity contribution in [2.75, 3.05) is 11.0 Å². The molecule has 1 aromatic carbocycles. The van der Waals surface area contributed by atoms with Gasteiger partial charge in [-0.15, -0.1) is 0 Å². The summed E-state index contributed by atoms with van der Waals surface area (Å²) in [6.45, 7) is 0. The maximum atomic E-state index is 10.9. The zero-order valence-corrected chi connectivity index (χ0v) is 10.4. The summed E-state index contributed by atoms with van der Waals surface area (Å²) in [5, 5.41) is -0.193. The van der Waals surface area contributed by atoms with E-state index in [-0.39, 0.29) is 10.7 Å². The number of rotatable bonds is 3. The van der Waals surface area contributed by atoms with Crippen molar-refractivity contribution < 1.29 is 21.4 Å². The maximum Gasteiger partial charge on any atom is 0.296 e. The van der Waals surface area contributed by atoms with Gasteiger partial charge in [0.25, 0.3) is 10.1 Å². The van der Waals surface area contributed by atoms with E-state index in [1.807, 2.05) is 0 Å². The van der Waals surface area contributed by atoms with Crippen molar-refractivity contribution >= 4 is 37.4 Å². The molecule has 1 aromatic rings. The third kappa shape index (κ3) is 3.63. The Hall–Kier alpha value is -0.830. The largest absolute Gasteiger partial charge is 0.296 e. The molecule has 0 atom stereocenters. The molecule has 0 aliphatic carbocycles. The lowest BCUT2D eigenvalue weighted by molar-refractivity contribution is 0.483. The standard InChI is InChI=1S/C7H8ClNO5S2/c1-15(10,11)9-5-2-3-6(8)7(4-5)16(12,13)14/h2-4,9H,1H3,(H,12,13,14). The molecule has 9 heteroatoms. The Bertz CT molecular complexity index is 608. The number of anilines is 1. The van der Waals surface area contributed by atoms with Crippen LogP contribution in [0.5, 0.6) is 0 Å². The fourth-order valence-electron chi connectivity index (χ4n) is 0.979. The Morgan fingerprint density at radius 2 is 1.81 bits per heavy atom. The van der Waals surface area contributed by atoms with Crippen LogP contribution in [-0.2, 0) is 20.1 Å². The summed E-state index contributed by atoms with van der Waals surface area (Å²) in [5.74, 6) is 0. The van der Waals surface area contributed by atoms with Gasteiger partial charge in [0.05, 0.1) is 11.3 Å². The molecule has 0 amide bonds. The monoisotopic (exact) mass is 285 g/mol. The molecule has 0 unspecified atom stereocenters. The Morgan fingerprint density at radius 3 is 2.25 bits per heavy atom. The van der Waals surface area contributed by atoms with E-state index >= 15 is 0 Å². The third-order valence-electron chi connectivity index (χ3n) is 1.51. The first kappa shape index (κ1) is 13.2. The first-order chi connectivity index (χ1) is 7.09. The molecule has 0 aliphatic rings. The zero-order chi connectivity index (χ0) is 12.6. The summed E-state index contributed by atoms with van der Waals surface area (Å²) in [5.41, 5.74) is -0.000440. The quantitative estimate of drug-likeness (QED) is 0.806. The summed E-state index contributed by atoms with van der Waals surface area (Å²) in [6.07, 6.45) is 0.911. The molecule has 0 fully saturated rings. The molecular formula is C7H8ClNO5S2. The van der Waals surface area contributed by atoms with Crippen LogP contribution in [0.25, 0.3) is 0 Å². The van der Waals surface area contributed by atoms with Gasteiger partial charge in [-0.1, -0.05) is 11.6 Å². The van der Waals surface area contributed by atoms with Crippen LogP contribution in [0.2, 0.25) is 5.02 Å². The van der Waals surface area contributed by atoms with Crippen molar-refractivity contribution in [1.29, 1.82) is 0 Å². The second-order valence-corrected chi connectivity index (χ2v) is 6.54. The van der Waals surface area contributed by atoms with Gasteiger partial charge in [0, 0.05) is 5.69 Å². The Morgan fingerprint density at radius 1 is 1.25 bits per heavy atom. The van der Waals surface area contributed by atoms with Gasteiger partial charge < -0.3 is 0 Å². The van der Waals surface area contributed by atoms with Gasteiger partial charge in [-0.05, 0) is 18.2 Å². The number of benzene rings is 1. The lowest BCUT2D eigenvalue weighted by Gasteiger charge is -2.06. The number of hydrogen-bond donors (Lipinski definition) is 2. The summed E-state index contributed by atoms with van der Waals surface area (Å²) in [7, 11) is -8.00. The fraction of sp³-hybridized carbons (Fsp3) is 0.143. The van der Waals surface area contributed by atoms with Crippen LogP contribution in [0, 0.1) is 0 Å². The molecule has 0 radical (unpaired) electrons. The highest BCUT2D eigenvalue weighted by molar-refractivity contribution is 7.92. The third-order valence-corrected chi connectivity index (χ3v) is 3.45. The normalized spacial score (nSPS) is 12.4. The number of hydrogen-bond acceptors (Lipinski definition) is 4. The molecule has 2 N–H and O–H groups in total. The van der Waals surface area contributed by atoms with Gasteiger partial charge >= 0.3 is 0 Å². The van der Waals surface area contributed by atoms with E-state index in [1.54, 1.807) is 0 Å². The molecule has 0 heterocycles. The van der Waals surface area contributed by atoms with Crippen LogP contribution in [-0.4, -0.2) is 27.6 Å².